The summed E-state index contributed by atoms with van der Waals surface area (Å²) in [5, 5.41) is 3.24. The number of ether oxygens (including phenoxy) is 1. The van der Waals surface area contributed by atoms with Crippen molar-refractivity contribution in [3.8, 4) is 0 Å². The van der Waals surface area contributed by atoms with Crippen molar-refractivity contribution >= 4 is 23.5 Å². The first-order valence-corrected chi connectivity index (χ1v) is 9.92. The van der Waals surface area contributed by atoms with Crippen LogP contribution in [-0.4, -0.2) is 64.6 Å². The second-order valence-corrected chi connectivity index (χ2v) is 6.84. The van der Waals surface area contributed by atoms with E-state index in [2.05, 4.69) is 34.3 Å². The first kappa shape index (κ1) is 20.6. The summed E-state index contributed by atoms with van der Waals surface area (Å²) in [7, 11) is 0. The highest BCUT2D eigenvalue weighted by molar-refractivity contribution is 5.93. The zero-order valence-electron chi connectivity index (χ0n) is 17.1. The molecule has 1 aromatic carbocycles. The first-order chi connectivity index (χ1) is 14.0. The highest BCUT2D eigenvalue weighted by Crippen LogP contribution is 2.18. The molecule has 0 unspecified atom stereocenters. The molecule has 154 valence electrons. The van der Waals surface area contributed by atoms with E-state index in [0.29, 0.717) is 50.1 Å². The van der Waals surface area contributed by atoms with Gasteiger partial charge in [-0.15, -0.1) is 0 Å². The van der Waals surface area contributed by atoms with Crippen molar-refractivity contribution in [1.29, 1.82) is 0 Å². The largest absolute Gasteiger partial charge is 0.450 e. The number of benzene rings is 1. The quantitative estimate of drug-likeness (QED) is 0.834. The monoisotopic (exact) mass is 397 g/mol. The molecule has 0 bridgehead atoms. The van der Waals surface area contributed by atoms with Gasteiger partial charge in [0.25, 0.3) is 5.91 Å². The Morgan fingerprint density at radius 2 is 1.69 bits per heavy atom. The van der Waals surface area contributed by atoms with Crippen LogP contribution < -0.4 is 5.32 Å². The van der Waals surface area contributed by atoms with Gasteiger partial charge in [0, 0.05) is 37.9 Å². The molecule has 8 nitrogen and oxygen atoms in total. The Labute approximate surface area is 170 Å². The lowest BCUT2D eigenvalue weighted by atomic mass is 10.1. The van der Waals surface area contributed by atoms with E-state index >= 15 is 0 Å². The number of hydrogen-bond donors (Lipinski definition) is 1. The molecule has 1 aliphatic heterocycles. The number of aryl methyl sites for hydroxylation is 2. The van der Waals surface area contributed by atoms with E-state index in [1.165, 1.54) is 5.56 Å². The SMILES string of the molecule is CCOC(=O)N1CCN(C(=O)c2cc(Nc3ccc(CC)cc3)nc(C)n2)CC1. The van der Waals surface area contributed by atoms with Gasteiger partial charge in [-0.2, -0.15) is 0 Å². The number of nitrogens with zero attached hydrogens (tertiary/aromatic N) is 4. The number of carbonyl (C=O) groups is 2. The topological polar surface area (TPSA) is 87.7 Å². The molecule has 0 radical (unpaired) electrons. The summed E-state index contributed by atoms with van der Waals surface area (Å²) in [6.45, 7) is 7.78. The van der Waals surface area contributed by atoms with E-state index in [1.807, 2.05) is 12.1 Å². The molecule has 2 heterocycles. The van der Waals surface area contributed by atoms with Crippen LogP contribution in [0.1, 0.15) is 35.7 Å². The number of piperazine rings is 1. The maximum Gasteiger partial charge on any atom is 0.409 e. The Morgan fingerprint density at radius 3 is 2.31 bits per heavy atom. The molecule has 0 atom stereocenters. The molecule has 3 rings (SSSR count). The summed E-state index contributed by atoms with van der Waals surface area (Å²) in [6.07, 6.45) is 0.646. The van der Waals surface area contributed by atoms with Crippen LogP contribution in [0.2, 0.25) is 0 Å². The third kappa shape index (κ3) is 5.22. The standard InChI is InChI=1S/C21H27N5O3/c1-4-16-6-8-17(9-7-16)24-19-14-18(22-15(3)23-19)20(27)25-10-12-26(13-11-25)21(28)29-5-2/h6-9,14H,4-5,10-13H2,1-3H3,(H,22,23,24). The van der Waals surface area contributed by atoms with Crippen LogP contribution >= 0.6 is 0 Å². The number of aromatic nitrogens is 2. The second-order valence-electron chi connectivity index (χ2n) is 6.84. The molecule has 1 saturated heterocycles. The van der Waals surface area contributed by atoms with Crippen LogP contribution in [0.5, 0.6) is 0 Å². The van der Waals surface area contributed by atoms with Crippen molar-refractivity contribution in [2.75, 3.05) is 38.1 Å². The smallest absolute Gasteiger partial charge is 0.409 e. The lowest BCUT2D eigenvalue weighted by molar-refractivity contribution is 0.0565. The van der Waals surface area contributed by atoms with Gasteiger partial charge in [0.1, 0.15) is 17.3 Å². The van der Waals surface area contributed by atoms with Gasteiger partial charge in [-0.3, -0.25) is 4.79 Å². The molecule has 8 heteroatoms. The minimum Gasteiger partial charge on any atom is -0.450 e. The van der Waals surface area contributed by atoms with Crippen LogP contribution in [0, 0.1) is 6.92 Å². The van der Waals surface area contributed by atoms with Crippen molar-refractivity contribution in [1.82, 2.24) is 19.8 Å². The van der Waals surface area contributed by atoms with Crippen molar-refractivity contribution in [2.24, 2.45) is 0 Å². The highest BCUT2D eigenvalue weighted by atomic mass is 16.6. The number of hydrogen-bond acceptors (Lipinski definition) is 6. The van der Waals surface area contributed by atoms with E-state index in [1.54, 1.807) is 29.7 Å². The Bertz CT molecular complexity index is 861. The van der Waals surface area contributed by atoms with Crippen LogP contribution in [0.4, 0.5) is 16.3 Å². The molecule has 0 aliphatic carbocycles. The number of amides is 2. The maximum atomic E-state index is 12.9. The minimum atomic E-state index is -0.335. The molecular weight excluding hydrogens is 370 g/mol. The fraction of sp³-hybridized carbons (Fsp3) is 0.429. The molecule has 2 aromatic rings. The van der Waals surface area contributed by atoms with Gasteiger partial charge < -0.3 is 19.9 Å². The third-order valence-electron chi connectivity index (χ3n) is 4.78. The lowest BCUT2D eigenvalue weighted by Gasteiger charge is -2.33. The Balaban J connectivity index is 1.67. The maximum absolute atomic E-state index is 12.9. The fourth-order valence-corrected chi connectivity index (χ4v) is 3.18. The summed E-state index contributed by atoms with van der Waals surface area (Å²) >= 11 is 0. The zero-order valence-corrected chi connectivity index (χ0v) is 17.1. The van der Waals surface area contributed by atoms with Gasteiger partial charge in [0.05, 0.1) is 6.61 Å². The van der Waals surface area contributed by atoms with E-state index < -0.39 is 0 Å². The Hall–Kier alpha value is -3.16. The van der Waals surface area contributed by atoms with Gasteiger partial charge >= 0.3 is 6.09 Å². The first-order valence-electron chi connectivity index (χ1n) is 9.92. The van der Waals surface area contributed by atoms with E-state index in [4.69, 9.17) is 4.74 Å². The number of anilines is 2. The molecule has 29 heavy (non-hydrogen) atoms. The molecule has 2 amide bonds. The van der Waals surface area contributed by atoms with Crippen LogP contribution in [-0.2, 0) is 11.2 Å². The third-order valence-corrected chi connectivity index (χ3v) is 4.78. The molecular formula is C21H27N5O3. The van der Waals surface area contributed by atoms with Gasteiger partial charge in [-0.05, 0) is 38.0 Å². The lowest BCUT2D eigenvalue weighted by Crippen LogP contribution is -2.50. The van der Waals surface area contributed by atoms with Crippen molar-refractivity contribution in [3.05, 3.63) is 47.4 Å². The van der Waals surface area contributed by atoms with Crippen LogP contribution in [0.15, 0.2) is 30.3 Å². The molecule has 1 fully saturated rings. The predicted molar refractivity (Wildman–Crippen MR) is 110 cm³/mol. The van der Waals surface area contributed by atoms with E-state index in [0.717, 1.165) is 12.1 Å². The van der Waals surface area contributed by atoms with Gasteiger partial charge in [0.2, 0.25) is 0 Å². The van der Waals surface area contributed by atoms with Gasteiger partial charge in [-0.25, -0.2) is 14.8 Å². The van der Waals surface area contributed by atoms with Crippen LogP contribution in [0.3, 0.4) is 0 Å². The predicted octanol–water partition coefficient (Wildman–Crippen LogP) is 3.01. The van der Waals surface area contributed by atoms with Gasteiger partial charge in [-0.1, -0.05) is 19.1 Å². The molecule has 0 spiro atoms. The summed E-state index contributed by atoms with van der Waals surface area (Å²) in [5.41, 5.74) is 2.50. The van der Waals surface area contributed by atoms with Gasteiger partial charge in [0.15, 0.2) is 0 Å². The Morgan fingerprint density at radius 1 is 1.03 bits per heavy atom. The summed E-state index contributed by atoms with van der Waals surface area (Å²) in [4.78, 5) is 36.8. The molecule has 1 aliphatic rings. The zero-order chi connectivity index (χ0) is 20.8. The normalized spacial score (nSPS) is 13.9. The fourth-order valence-electron chi connectivity index (χ4n) is 3.18. The highest BCUT2D eigenvalue weighted by Gasteiger charge is 2.26. The second kappa shape index (κ2) is 9.36. The van der Waals surface area contributed by atoms with Crippen molar-refractivity contribution in [3.63, 3.8) is 0 Å². The summed E-state index contributed by atoms with van der Waals surface area (Å²) in [5.74, 6) is 0.937. The number of rotatable bonds is 5. The summed E-state index contributed by atoms with van der Waals surface area (Å²) in [6, 6.07) is 9.77. The average molecular weight is 397 g/mol. The number of nitrogens with one attached hydrogen (secondary N) is 1. The minimum absolute atomic E-state index is 0.164. The van der Waals surface area contributed by atoms with Crippen LogP contribution in [0.25, 0.3) is 0 Å². The Kier molecular flexibility index (Phi) is 6.64. The molecule has 0 saturated carbocycles. The van der Waals surface area contributed by atoms with Crippen molar-refractivity contribution in [2.45, 2.75) is 27.2 Å². The van der Waals surface area contributed by atoms with E-state index in [9.17, 15) is 9.59 Å². The molecule has 1 N–H and O–H groups in total. The van der Waals surface area contributed by atoms with Crippen molar-refractivity contribution < 1.29 is 14.3 Å². The average Bonchev–Trinajstić information content (AvgIpc) is 2.73. The number of carbonyl (C=O) groups excluding carboxylic acids is 2. The molecule has 1 aromatic heterocycles. The van der Waals surface area contributed by atoms with E-state index in [-0.39, 0.29) is 12.0 Å². The summed E-state index contributed by atoms with van der Waals surface area (Å²) < 4.78 is 5.02.